The largest absolute Gasteiger partial charge is 0.312 e. The second-order valence-electron chi connectivity index (χ2n) is 5.18. The zero-order valence-corrected chi connectivity index (χ0v) is 8.43. The van der Waals surface area contributed by atoms with Gasteiger partial charge in [-0.25, -0.2) is 0 Å². The molecule has 0 bridgehead atoms. The highest BCUT2D eigenvalue weighted by molar-refractivity contribution is 4.96. The Labute approximate surface area is 75.3 Å². The molecule has 2 aliphatic rings. The monoisotopic (exact) mass is 168 g/mol. The van der Waals surface area contributed by atoms with Gasteiger partial charge in [0.15, 0.2) is 0 Å². The highest BCUT2D eigenvalue weighted by atomic mass is 15.2. The van der Waals surface area contributed by atoms with Gasteiger partial charge in [-0.15, -0.1) is 0 Å². The van der Waals surface area contributed by atoms with Crippen LogP contribution in [0.1, 0.15) is 27.2 Å². The van der Waals surface area contributed by atoms with E-state index in [1.807, 2.05) is 0 Å². The Bertz CT molecular complexity index is 171. The molecule has 0 spiro atoms. The van der Waals surface area contributed by atoms with Gasteiger partial charge in [-0.3, -0.25) is 4.90 Å². The number of hydrogen-bond donors (Lipinski definition) is 1. The maximum absolute atomic E-state index is 3.51. The van der Waals surface area contributed by atoms with Gasteiger partial charge in [0, 0.05) is 18.1 Å². The summed E-state index contributed by atoms with van der Waals surface area (Å²) in [5.41, 5.74) is 0.363. The van der Waals surface area contributed by atoms with Crippen LogP contribution in [0.4, 0.5) is 0 Å². The van der Waals surface area contributed by atoms with Gasteiger partial charge in [-0.05, 0) is 46.2 Å². The van der Waals surface area contributed by atoms with Crippen LogP contribution in [0.3, 0.4) is 0 Å². The molecule has 2 nitrogen and oxygen atoms in total. The fourth-order valence-corrected chi connectivity index (χ4v) is 2.23. The van der Waals surface area contributed by atoms with Crippen LogP contribution >= 0.6 is 0 Å². The van der Waals surface area contributed by atoms with Gasteiger partial charge < -0.3 is 5.32 Å². The minimum atomic E-state index is 0.363. The number of likely N-dealkylation sites (tertiary alicyclic amines) is 1. The van der Waals surface area contributed by atoms with E-state index in [0.29, 0.717) is 5.54 Å². The lowest BCUT2D eigenvalue weighted by molar-refractivity contribution is 0.0288. The van der Waals surface area contributed by atoms with Crippen molar-refractivity contribution >= 4 is 0 Å². The van der Waals surface area contributed by atoms with E-state index in [-0.39, 0.29) is 0 Å². The van der Waals surface area contributed by atoms with Crippen LogP contribution in [0.5, 0.6) is 0 Å². The Morgan fingerprint density at radius 3 is 2.50 bits per heavy atom. The third kappa shape index (κ3) is 1.38. The Morgan fingerprint density at radius 2 is 2.08 bits per heavy atom. The highest BCUT2D eigenvalue weighted by Gasteiger charge is 2.38. The first kappa shape index (κ1) is 8.52. The molecule has 0 aromatic rings. The Balaban J connectivity index is 1.94. The van der Waals surface area contributed by atoms with Crippen molar-refractivity contribution in [2.24, 2.45) is 5.92 Å². The van der Waals surface area contributed by atoms with Crippen molar-refractivity contribution < 1.29 is 0 Å². The average Bonchev–Trinajstić information content (AvgIpc) is 1.89. The molecule has 2 rings (SSSR count). The molecule has 2 atom stereocenters. The summed E-state index contributed by atoms with van der Waals surface area (Å²) < 4.78 is 0. The average molecular weight is 168 g/mol. The SMILES string of the molecule is CC(C)(C)N1CCC2CNC2C1. The van der Waals surface area contributed by atoms with Crippen molar-refractivity contribution in [1.29, 1.82) is 0 Å². The third-order valence-corrected chi connectivity index (χ3v) is 3.35. The molecule has 2 unspecified atom stereocenters. The Hall–Kier alpha value is -0.0800. The van der Waals surface area contributed by atoms with Crippen LogP contribution in [0, 0.1) is 5.92 Å². The zero-order valence-electron chi connectivity index (χ0n) is 8.43. The molecular formula is C10H20N2. The maximum atomic E-state index is 3.51. The fourth-order valence-electron chi connectivity index (χ4n) is 2.23. The number of piperidine rings is 1. The predicted molar refractivity (Wildman–Crippen MR) is 51.2 cm³/mol. The molecule has 0 amide bonds. The number of fused-ring (bicyclic) bond motifs is 1. The quantitative estimate of drug-likeness (QED) is 0.582. The van der Waals surface area contributed by atoms with Crippen molar-refractivity contribution in [3.63, 3.8) is 0 Å². The molecule has 0 saturated carbocycles. The van der Waals surface area contributed by atoms with Gasteiger partial charge >= 0.3 is 0 Å². The van der Waals surface area contributed by atoms with Crippen LogP contribution in [-0.4, -0.2) is 36.1 Å². The normalized spacial score (nSPS) is 37.2. The third-order valence-electron chi connectivity index (χ3n) is 3.35. The van der Waals surface area contributed by atoms with Crippen molar-refractivity contribution in [3.05, 3.63) is 0 Å². The molecule has 2 heterocycles. The first-order valence-electron chi connectivity index (χ1n) is 5.06. The molecule has 2 saturated heterocycles. The van der Waals surface area contributed by atoms with Crippen LogP contribution in [0.15, 0.2) is 0 Å². The summed E-state index contributed by atoms with van der Waals surface area (Å²) in [7, 11) is 0. The first-order valence-corrected chi connectivity index (χ1v) is 5.06. The van der Waals surface area contributed by atoms with E-state index in [9.17, 15) is 0 Å². The summed E-state index contributed by atoms with van der Waals surface area (Å²) >= 11 is 0. The van der Waals surface area contributed by atoms with Gasteiger partial charge in [0.1, 0.15) is 0 Å². The second kappa shape index (κ2) is 2.71. The fraction of sp³-hybridized carbons (Fsp3) is 1.00. The lowest BCUT2D eigenvalue weighted by Crippen LogP contribution is -2.64. The summed E-state index contributed by atoms with van der Waals surface area (Å²) in [6.45, 7) is 10.8. The lowest BCUT2D eigenvalue weighted by Gasteiger charge is -2.50. The van der Waals surface area contributed by atoms with Gasteiger partial charge in [0.25, 0.3) is 0 Å². The molecule has 2 aliphatic heterocycles. The maximum Gasteiger partial charge on any atom is 0.0236 e. The topological polar surface area (TPSA) is 15.3 Å². The van der Waals surface area contributed by atoms with Crippen LogP contribution in [-0.2, 0) is 0 Å². The number of rotatable bonds is 0. The van der Waals surface area contributed by atoms with Crippen LogP contribution in [0.25, 0.3) is 0 Å². The van der Waals surface area contributed by atoms with E-state index in [1.54, 1.807) is 0 Å². The molecule has 0 aliphatic carbocycles. The molecule has 70 valence electrons. The summed E-state index contributed by atoms with van der Waals surface area (Å²) in [4.78, 5) is 2.60. The Kier molecular flexibility index (Phi) is 1.92. The van der Waals surface area contributed by atoms with E-state index in [0.717, 1.165) is 12.0 Å². The predicted octanol–water partition coefficient (Wildman–Crippen LogP) is 1.08. The number of nitrogens with one attached hydrogen (secondary N) is 1. The Morgan fingerprint density at radius 1 is 1.33 bits per heavy atom. The first-order chi connectivity index (χ1) is 5.57. The van der Waals surface area contributed by atoms with Crippen LogP contribution in [0.2, 0.25) is 0 Å². The molecule has 0 radical (unpaired) electrons. The van der Waals surface area contributed by atoms with E-state index < -0.39 is 0 Å². The van der Waals surface area contributed by atoms with Gasteiger partial charge in [0.05, 0.1) is 0 Å². The number of nitrogens with zero attached hydrogens (tertiary/aromatic N) is 1. The summed E-state index contributed by atoms with van der Waals surface area (Å²) in [5.74, 6) is 0.989. The van der Waals surface area contributed by atoms with Gasteiger partial charge in [-0.2, -0.15) is 0 Å². The standard InChI is InChI=1S/C10H20N2/c1-10(2,3)12-5-4-8-6-11-9(8)7-12/h8-9,11H,4-7H2,1-3H3. The van der Waals surface area contributed by atoms with Crippen molar-refractivity contribution in [2.75, 3.05) is 19.6 Å². The highest BCUT2D eigenvalue weighted by Crippen LogP contribution is 2.27. The molecule has 0 aromatic heterocycles. The van der Waals surface area contributed by atoms with E-state index in [4.69, 9.17) is 0 Å². The molecule has 2 fully saturated rings. The summed E-state index contributed by atoms with van der Waals surface area (Å²) in [6, 6.07) is 0.804. The second-order valence-corrected chi connectivity index (χ2v) is 5.18. The number of hydrogen-bond acceptors (Lipinski definition) is 2. The van der Waals surface area contributed by atoms with E-state index >= 15 is 0 Å². The molecule has 12 heavy (non-hydrogen) atoms. The molecule has 1 N–H and O–H groups in total. The minimum Gasteiger partial charge on any atom is -0.312 e. The molecule has 0 aromatic carbocycles. The smallest absolute Gasteiger partial charge is 0.0236 e. The van der Waals surface area contributed by atoms with Crippen molar-refractivity contribution in [1.82, 2.24) is 10.2 Å². The zero-order chi connectivity index (χ0) is 8.77. The lowest BCUT2D eigenvalue weighted by atomic mass is 9.83. The van der Waals surface area contributed by atoms with E-state index in [1.165, 1.54) is 26.1 Å². The van der Waals surface area contributed by atoms with E-state index in [2.05, 4.69) is 31.0 Å². The summed E-state index contributed by atoms with van der Waals surface area (Å²) in [6.07, 6.45) is 1.40. The van der Waals surface area contributed by atoms with Crippen molar-refractivity contribution in [2.45, 2.75) is 38.8 Å². The van der Waals surface area contributed by atoms with Crippen LogP contribution < -0.4 is 5.32 Å². The van der Waals surface area contributed by atoms with Crippen molar-refractivity contribution in [3.8, 4) is 0 Å². The summed E-state index contributed by atoms with van der Waals surface area (Å²) in [5, 5.41) is 3.51. The minimum absolute atomic E-state index is 0.363. The molecule has 2 heteroatoms. The van der Waals surface area contributed by atoms with Gasteiger partial charge in [0.2, 0.25) is 0 Å². The van der Waals surface area contributed by atoms with Gasteiger partial charge in [-0.1, -0.05) is 0 Å². The molecular weight excluding hydrogens is 148 g/mol.